The Labute approximate surface area is 123 Å². The van der Waals surface area contributed by atoms with Crippen LogP contribution in [0.3, 0.4) is 0 Å². The molecule has 3 aromatic rings. The van der Waals surface area contributed by atoms with Gasteiger partial charge in [0.2, 0.25) is 5.82 Å². The van der Waals surface area contributed by atoms with E-state index in [0.717, 1.165) is 15.5 Å². The van der Waals surface area contributed by atoms with Gasteiger partial charge < -0.3 is 5.11 Å². The molecular formula is C15H12F3N3O. The van der Waals surface area contributed by atoms with E-state index in [1.54, 1.807) is 37.3 Å². The first-order valence-electron chi connectivity index (χ1n) is 6.56. The quantitative estimate of drug-likeness (QED) is 0.788. The third kappa shape index (κ3) is 2.55. The van der Waals surface area contributed by atoms with E-state index in [2.05, 4.69) is 10.2 Å². The molecule has 1 N–H and O–H groups in total. The van der Waals surface area contributed by atoms with Crippen LogP contribution in [0.2, 0.25) is 0 Å². The fraction of sp³-hybridized carbons (Fsp3) is 0.200. The van der Waals surface area contributed by atoms with Crippen molar-refractivity contribution >= 4 is 5.65 Å². The lowest BCUT2D eigenvalue weighted by Crippen LogP contribution is -2.10. The lowest BCUT2D eigenvalue weighted by Gasteiger charge is -2.08. The maximum absolute atomic E-state index is 12.9. The van der Waals surface area contributed by atoms with Crippen LogP contribution in [-0.2, 0) is 6.18 Å². The molecular weight excluding hydrogens is 295 g/mol. The number of halogens is 3. The van der Waals surface area contributed by atoms with Gasteiger partial charge in [-0.25, -0.2) is 0 Å². The number of aromatic nitrogens is 3. The van der Waals surface area contributed by atoms with Crippen LogP contribution in [0.15, 0.2) is 42.6 Å². The van der Waals surface area contributed by atoms with Crippen LogP contribution in [0.5, 0.6) is 0 Å². The minimum atomic E-state index is -4.56. The summed E-state index contributed by atoms with van der Waals surface area (Å²) in [4.78, 5) is 0. The summed E-state index contributed by atoms with van der Waals surface area (Å²) >= 11 is 0. The summed E-state index contributed by atoms with van der Waals surface area (Å²) in [6.07, 6.45) is -3.80. The van der Waals surface area contributed by atoms with E-state index in [4.69, 9.17) is 0 Å². The molecule has 4 nitrogen and oxygen atoms in total. The molecule has 1 aromatic carbocycles. The van der Waals surface area contributed by atoms with Gasteiger partial charge in [-0.05, 0) is 35.7 Å². The molecule has 0 spiro atoms. The van der Waals surface area contributed by atoms with Crippen molar-refractivity contribution in [2.24, 2.45) is 0 Å². The van der Waals surface area contributed by atoms with Crippen molar-refractivity contribution < 1.29 is 18.3 Å². The van der Waals surface area contributed by atoms with Gasteiger partial charge in [0.25, 0.3) is 0 Å². The molecule has 0 fully saturated rings. The topological polar surface area (TPSA) is 50.4 Å². The molecule has 0 radical (unpaired) electrons. The lowest BCUT2D eigenvalue weighted by atomic mass is 10.0. The average molecular weight is 307 g/mol. The van der Waals surface area contributed by atoms with Gasteiger partial charge in [0.05, 0.1) is 6.10 Å². The first-order chi connectivity index (χ1) is 10.4. The summed E-state index contributed by atoms with van der Waals surface area (Å²) in [5.41, 5.74) is 2.23. The highest BCUT2D eigenvalue weighted by molar-refractivity contribution is 5.65. The van der Waals surface area contributed by atoms with E-state index in [1.165, 1.54) is 12.3 Å². The van der Waals surface area contributed by atoms with Crippen molar-refractivity contribution in [1.82, 2.24) is 14.6 Å². The van der Waals surface area contributed by atoms with Crippen LogP contribution in [0.4, 0.5) is 13.2 Å². The number of aliphatic hydroxyl groups is 1. The number of rotatable bonds is 2. The zero-order valence-electron chi connectivity index (χ0n) is 11.5. The molecule has 7 heteroatoms. The normalized spacial score (nSPS) is 13.5. The Balaban J connectivity index is 2.08. The molecule has 0 saturated carbocycles. The number of benzene rings is 1. The maximum atomic E-state index is 12.9. The van der Waals surface area contributed by atoms with Gasteiger partial charge >= 0.3 is 6.18 Å². The van der Waals surface area contributed by atoms with Gasteiger partial charge in [-0.2, -0.15) is 13.2 Å². The standard InChI is InChI=1S/C15H12F3N3O/c1-9(22)10-2-4-11(5-3-10)12-6-7-13-19-20-14(15(16,17)18)21(13)8-12/h2-9,22H,1H3. The Bertz CT molecular complexity index is 807. The van der Waals surface area contributed by atoms with Crippen molar-refractivity contribution in [3.05, 3.63) is 54.0 Å². The summed E-state index contributed by atoms with van der Waals surface area (Å²) in [5, 5.41) is 16.2. The third-order valence-corrected chi connectivity index (χ3v) is 3.38. The highest BCUT2D eigenvalue weighted by atomic mass is 19.4. The Morgan fingerprint density at radius 2 is 1.64 bits per heavy atom. The fourth-order valence-corrected chi connectivity index (χ4v) is 2.21. The molecule has 3 rings (SSSR count). The molecule has 0 aliphatic rings. The lowest BCUT2D eigenvalue weighted by molar-refractivity contribution is -0.145. The third-order valence-electron chi connectivity index (χ3n) is 3.38. The molecule has 1 atom stereocenters. The van der Waals surface area contributed by atoms with E-state index < -0.39 is 18.1 Å². The van der Waals surface area contributed by atoms with Gasteiger partial charge in [0.1, 0.15) is 0 Å². The second-order valence-corrected chi connectivity index (χ2v) is 4.97. The summed E-state index contributed by atoms with van der Waals surface area (Å²) in [6, 6.07) is 10.1. The van der Waals surface area contributed by atoms with E-state index >= 15 is 0 Å². The van der Waals surface area contributed by atoms with Crippen LogP contribution in [0.1, 0.15) is 24.4 Å². The van der Waals surface area contributed by atoms with E-state index in [9.17, 15) is 18.3 Å². The zero-order chi connectivity index (χ0) is 15.9. The molecule has 1 unspecified atom stereocenters. The molecule has 2 aromatic heterocycles. The van der Waals surface area contributed by atoms with Crippen molar-refractivity contribution in [2.75, 3.05) is 0 Å². The van der Waals surface area contributed by atoms with Crippen molar-refractivity contribution in [3.63, 3.8) is 0 Å². The summed E-state index contributed by atoms with van der Waals surface area (Å²) in [5.74, 6) is -1.05. The van der Waals surface area contributed by atoms with Gasteiger partial charge in [-0.15, -0.1) is 10.2 Å². The van der Waals surface area contributed by atoms with E-state index in [-0.39, 0.29) is 5.65 Å². The fourth-order valence-electron chi connectivity index (χ4n) is 2.21. The molecule has 0 aliphatic heterocycles. The highest BCUT2D eigenvalue weighted by Crippen LogP contribution is 2.29. The summed E-state index contributed by atoms with van der Waals surface area (Å²) in [7, 11) is 0. The molecule has 114 valence electrons. The molecule has 0 amide bonds. The monoisotopic (exact) mass is 307 g/mol. The predicted octanol–water partition coefficient (Wildman–Crippen LogP) is 3.47. The number of fused-ring (bicyclic) bond motifs is 1. The van der Waals surface area contributed by atoms with Crippen LogP contribution in [0.25, 0.3) is 16.8 Å². The molecule has 0 aliphatic carbocycles. The Morgan fingerprint density at radius 1 is 1.00 bits per heavy atom. The average Bonchev–Trinajstić information content (AvgIpc) is 2.90. The highest BCUT2D eigenvalue weighted by Gasteiger charge is 2.36. The second-order valence-electron chi connectivity index (χ2n) is 4.97. The SMILES string of the molecule is CC(O)c1ccc(-c2ccc3nnc(C(F)(F)F)n3c2)cc1. The summed E-state index contributed by atoms with van der Waals surface area (Å²) < 4.78 is 39.6. The largest absolute Gasteiger partial charge is 0.452 e. The van der Waals surface area contributed by atoms with Crippen LogP contribution in [0, 0.1) is 0 Å². The second kappa shape index (κ2) is 5.10. The minimum Gasteiger partial charge on any atom is -0.389 e. The Hall–Kier alpha value is -2.41. The predicted molar refractivity (Wildman–Crippen MR) is 74.1 cm³/mol. The molecule has 22 heavy (non-hydrogen) atoms. The Kier molecular flexibility index (Phi) is 3.37. The van der Waals surface area contributed by atoms with Gasteiger partial charge in [-0.3, -0.25) is 4.40 Å². The molecule has 0 bridgehead atoms. The maximum Gasteiger partial charge on any atom is 0.452 e. The number of nitrogens with zero attached hydrogens (tertiary/aromatic N) is 3. The number of hydrogen-bond acceptors (Lipinski definition) is 3. The van der Waals surface area contributed by atoms with Crippen molar-refractivity contribution in [3.8, 4) is 11.1 Å². The number of pyridine rings is 1. The van der Waals surface area contributed by atoms with Crippen LogP contribution in [-0.4, -0.2) is 19.7 Å². The first-order valence-corrected chi connectivity index (χ1v) is 6.56. The van der Waals surface area contributed by atoms with Crippen LogP contribution < -0.4 is 0 Å². The zero-order valence-corrected chi connectivity index (χ0v) is 11.5. The Morgan fingerprint density at radius 3 is 2.23 bits per heavy atom. The van der Waals surface area contributed by atoms with Crippen LogP contribution >= 0.6 is 0 Å². The van der Waals surface area contributed by atoms with E-state index in [0.29, 0.717) is 5.56 Å². The molecule has 2 heterocycles. The van der Waals surface area contributed by atoms with Gasteiger partial charge in [-0.1, -0.05) is 24.3 Å². The number of hydrogen-bond donors (Lipinski definition) is 1. The summed E-state index contributed by atoms with van der Waals surface area (Å²) in [6.45, 7) is 1.65. The number of alkyl halides is 3. The van der Waals surface area contributed by atoms with Crippen molar-refractivity contribution in [2.45, 2.75) is 19.2 Å². The van der Waals surface area contributed by atoms with Gasteiger partial charge in [0.15, 0.2) is 5.65 Å². The first kappa shape index (κ1) is 14.5. The van der Waals surface area contributed by atoms with Crippen molar-refractivity contribution in [1.29, 1.82) is 0 Å². The molecule has 0 saturated heterocycles. The minimum absolute atomic E-state index is 0.136. The van der Waals surface area contributed by atoms with E-state index in [1.807, 2.05) is 0 Å². The smallest absolute Gasteiger partial charge is 0.389 e. The number of aliphatic hydroxyl groups excluding tert-OH is 1. The van der Waals surface area contributed by atoms with Gasteiger partial charge in [0, 0.05) is 6.20 Å².